The molecular weight excluding hydrogens is 366 g/mol. The Hall–Kier alpha value is -1.86. The fraction of sp³-hybridized carbons (Fsp3) is 0.727. The molecule has 0 aromatic carbocycles. The summed E-state index contributed by atoms with van der Waals surface area (Å²) in [6.07, 6.45) is 8.97. The summed E-state index contributed by atoms with van der Waals surface area (Å²) in [5.41, 5.74) is 0.735. The lowest BCUT2D eigenvalue weighted by Crippen LogP contribution is -2.50. The number of hydrogen-bond donors (Lipinski definition) is 1. The fourth-order valence-corrected chi connectivity index (χ4v) is 5.05. The molecule has 1 aromatic heterocycles. The minimum atomic E-state index is -0.416. The molecule has 0 radical (unpaired) electrons. The van der Waals surface area contributed by atoms with Gasteiger partial charge < -0.3 is 9.74 Å². The van der Waals surface area contributed by atoms with Crippen molar-refractivity contribution in [2.45, 2.75) is 64.5 Å². The van der Waals surface area contributed by atoms with Crippen LogP contribution in [0, 0.1) is 5.92 Å². The number of carbonyl (C=O) groups is 1. The molecule has 7 nitrogen and oxygen atoms in total. The lowest BCUT2D eigenvalue weighted by molar-refractivity contribution is -0.114. The topological polar surface area (TPSA) is 60.9 Å². The molecule has 7 heteroatoms. The highest BCUT2D eigenvalue weighted by molar-refractivity contribution is 5.84. The molecule has 1 atom stereocenters. The summed E-state index contributed by atoms with van der Waals surface area (Å²) >= 11 is 0. The molecule has 3 fully saturated rings. The van der Waals surface area contributed by atoms with E-state index < -0.39 is 6.09 Å². The van der Waals surface area contributed by atoms with Crippen molar-refractivity contribution >= 4 is 17.6 Å². The molecule has 1 N–H and O–H groups in total. The first-order chi connectivity index (χ1) is 14.1. The van der Waals surface area contributed by atoms with Crippen molar-refractivity contribution in [3.63, 3.8) is 0 Å². The molecule has 1 amide bonds. The molecular formula is C22H35N5O2. The molecule has 1 unspecified atom stereocenters. The molecule has 3 heterocycles. The number of piperazine rings is 1. The Morgan fingerprint density at radius 3 is 2.59 bits per heavy atom. The molecule has 3 aliphatic rings. The molecule has 29 heavy (non-hydrogen) atoms. The number of nitrogens with zero attached hydrogens (tertiary/aromatic N) is 4. The maximum absolute atomic E-state index is 12.4. The Morgan fingerprint density at radius 1 is 1.10 bits per heavy atom. The largest absolute Gasteiger partial charge is 0.430 e. The second-order valence-corrected chi connectivity index (χ2v) is 8.96. The first kappa shape index (κ1) is 20.4. The van der Waals surface area contributed by atoms with Crippen LogP contribution in [-0.4, -0.2) is 65.8 Å². The smallest absolute Gasteiger partial charge is 0.354 e. The van der Waals surface area contributed by atoms with Crippen LogP contribution in [0.15, 0.2) is 18.3 Å². The van der Waals surface area contributed by atoms with Crippen LogP contribution in [0.25, 0.3) is 0 Å². The van der Waals surface area contributed by atoms with Gasteiger partial charge >= 0.3 is 6.09 Å². The van der Waals surface area contributed by atoms with E-state index in [0.717, 1.165) is 63.1 Å². The third kappa shape index (κ3) is 5.01. The molecule has 4 rings (SSSR count). The lowest BCUT2D eigenvalue weighted by Gasteiger charge is -2.38. The van der Waals surface area contributed by atoms with Crippen molar-refractivity contribution in [1.82, 2.24) is 14.9 Å². The maximum Gasteiger partial charge on any atom is 0.430 e. The van der Waals surface area contributed by atoms with Gasteiger partial charge in [0.15, 0.2) is 0 Å². The van der Waals surface area contributed by atoms with Gasteiger partial charge in [0.25, 0.3) is 0 Å². The average Bonchev–Trinajstić information content (AvgIpc) is 3.40. The number of aromatic nitrogens is 1. The zero-order valence-electron chi connectivity index (χ0n) is 17.8. The molecule has 1 aliphatic carbocycles. The van der Waals surface area contributed by atoms with Crippen molar-refractivity contribution in [1.29, 1.82) is 0 Å². The maximum atomic E-state index is 12.4. The Bertz CT molecular complexity index is 684. The van der Waals surface area contributed by atoms with E-state index in [-0.39, 0.29) is 0 Å². The van der Waals surface area contributed by atoms with Gasteiger partial charge in [0.1, 0.15) is 5.82 Å². The third-order valence-electron chi connectivity index (χ3n) is 6.69. The van der Waals surface area contributed by atoms with Crippen molar-refractivity contribution in [2.24, 2.45) is 5.92 Å². The second kappa shape index (κ2) is 9.30. The van der Waals surface area contributed by atoms with Gasteiger partial charge in [-0.05, 0) is 37.7 Å². The Kier molecular flexibility index (Phi) is 6.55. The summed E-state index contributed by atoms with van der Waals surface area (Å²) in [5, 5.41) is 4.72. The van der Waals surface area contributed by atoms with Gasteiger partial charge in [-0.25, -0.2) is 9.78 Å². The first-order valence-corrected chi connectivity index (χ1v) is 11.3. The number of nitrogens with one attached hydrogen (secondary N) is 1. The van der Waals surface area contributed by atoms with Crippen molar-refractivity contribution in [3.8, 4) is 0 Å². The summed E-state index contributed by atoms with van der Waals surface area (Å²) in [5.74, 6) is 1.40. The minimum absolute atomic E-state index is 0.310. The number of anilines is 2. The second-order valence-electron chi connectivity index (χ2n) is 8.96. The fourth-order valence-electron chi connectivity index (χ4n) is 5.05. The van der Waals surface area contributed by atoms with E-state index in [0.29, 0.717) is 12.0 Å². The van der Waals surface area contributed by atoms with Gasteiger partial charge in [-0.15, -0.1) is 5.06 Å². The van der Waals surface area contributed by atoms with E-state index in [2.05, 4.69) is 33.9 Å². The number of amides is 1. The van der Waals surface area contributed by atoms with Gasteiger partial charge in [0.05, 0.1) is 0 Å². The van der Waals surface area contributed by atoms with Crippen LogP contribution < -0.4 is 10.2 Å². The third-order valence-corrected chi connectivity index (χ3v) is 6.69. The van der Waals surface area contributed by atoms with Crippen LogP contribution in [0.2, 0.25) is 0 Å². The Labute approximate surface area is 174 Å². The van der Waals surface area contributed by atoms with E-state index in [1.165, 1.54) is 25.7 Å². The van der Waals surface area contributed by atoms with Crippen molar-refractivity contribution in [2.75, 3.05) is 42.9 Å². The predicted molar refractivity (Wildman–Crippen MR) is 115 cm³/mol. The van der Waals surface area contributed by atoms with Crippen molar-refractivity contribution in [3.05, 3.63) is 18.3 Å². The molecule has 2 saturated heterocycles. The number of rotatable bonds is 5. The summed E-state index contributed by atoms with van der Waals surface area (Å²) in [6, 6.07) is 4.87. The standard InChI is InChI=1S/C22H35N5O2/c1-17(2)20-8-5-11-27(20)29-22(28)24-18-9-10-23-21(16-18)26-14-12-25(13-15-26)19-6-3-4-7-19/h9-10,16-17,19-20H,3-8,11-15H2,1-2H3,(H,23,24,28). The quantitative estimate of drug-likeness (QED) is 0.811. The molecule has 2 aliphatic heterocycles. The summed E-state index contributed by atoms with van der Waals surface area (Å²) < 4.78 is 0. The highest BCUT2D eigenvalue weighted by Crippen LogP contribution is 2.26. The number of carbonyl (C=O) groups excluding carboxylic acids is 1. The van der Waals surface area contributed by atoms with E-state index in [9.17, 15) is 4.79 Å². The Balaban J connectivity index is 1.30. The molecule has 160 valence electrons. The van der Waals surface area contributed by atoms with E-state index in [4.69, 9.17) is 4.84 Å². The summed E-state index contributed by atoms with van der Waals surface area (Å²) in [6.45, 7) is 9.32. The van der Waals surface area contributed by atoms with Crippen LogP contribution in [0.4, 0.5) is 16.3 Å². The first-order valence-electron chi connectivity index (χ1n) is 11.3. The zero-order chi connectivity index (χ0) is 20.2. The monoisotopic (exact) mass is 401 g/mol. The van der Waals surface area contributed by atoms with Gasteiger partial charge in [-0.1, -0.05) is 26.7 Å². The highest BCUT2D eigenvalue weighted by Gasteiger charge is 2.30. The molecule has 1 aromatic rings. The van der Waals surface area contributed by atoms with Crippen LogP contribution in [0.5, 0.6) is 0 Å². The Morgan fingerprint density at radius 2 is 1.86 bits per heavy atom. The highest BCUT2D eigenvalue weighted by atomic mass is 16.7. The van der Waals surface area contributed by atoms with E-state index >= 15 is 0 Å². The molecule has 0 bridgehead atoms. The lowest BCUT2D eigenvalue weighted by atomic mass is 10.0. The van der Waals surface area contributed by atoms with E-state index in [1.807, 2.05) is 17.2 Å². The summed E-state index contributed by atoms with van der Waals surface area (Å²) in [4.78, 5) is 27.5. The van der Waals surface area contributed by atoms with Gasteiger partial charge in [0, 0.05) is 62.8 Å². The van der Waals surface area contributed by atoms with Gasteiger partial charge in [0.2, 0.25) is 0 Å². The van der Waals surface area contributed by atoms with E-state index in [1.54, 1.807) is 6.20 Å². The van der Waals surface area contributed by atoms with Crippen LogP contribution >= 0.6 is 0 Å². The molecule has 0 spiro atoms. The van der Waals surface area contributed by atoms with Crippen LogP contribution in [0.1, 0.15) is 52.4 Å². The van der Waals surface area contributed by atoms with Gasteiger partial charge in [-0.3, -0.25) is 10.2 Å². The minimum Gasteiger partial charge on any atom is -0.354 e. The zero-order valence-corrected chi connectivity index (χ0v) is 17.8. The van der Waals surface area contributed by atoms with Gasteiger partial charge in [-0.2, -0.15) is 0 Å². The van der Waals surface area contributed by atoms with Crippen LogP contribution in [0.3, 0.4) is 0 Å². The molecule has 1 saturated carbocycles. The number of hydroxylamine groups is 2. The van der Waals surface area contributed by atoms with Crippen molar-refractivity contribution < 1.29 is 9.63 Å². The number of hydrogen-bond acceptors (Lipinski definition) is 6. The summed E-state index contributed by atoms with van der Waals surface area (Å²) in [7, 11) is 0. The predicted octanol–water partition coefficient (Wildman–Crippen LogP) is 3.73. The SMILES string of the molecule is CC(C)C1CCCN1OC(=O)Nc1ccnc(N2CCN(C3CCCC3)CC2)c1. The van der Waals surface area contributed by atoms with Crippen LogP contribution in [-0.2, 0) is 4.84 Å². The normalized spacial score (nSPS) is 24.4. The number of pyridine rings is 1. The average molecular weight is 402 g/mol.